The average Bonchev–Trinajstić information content (AvgIpc) is 1.82. The zero-order valence-electron chi connectivity index (χ0n) is 6.08. The van der Waals surface area contributed by atoms with Crippen LogP contribution in [0.3, 0.4) is 0 Å². The third-order valence-corrected chi connectivity index (χ3v) is 0.831. The zero-order chi connectivity index (χ0) is 8.85. The quantitative estimate of drug-likeness (QED) is 0.361. The molecule has 0 fully saturated rings. The molecule has 0 bridgehead atoms. The van der Waals surface area contributed by atoms with Crippen LogP contribution in [0.5, 0.6) is 0 Å². The number of nitrogens with two attached hydrogens (primary N) is 2. The van der Waals surface area contributed by atoms with Gasteiger partial charge in [-0.25, -0.2) is 10.6 Å². The van der Waals surface area contributed by atoms with E-state index in [1.807, 2.05) is 0 Å². The van der Waals surface area contributed by atoms with Crippen molar-refractivity contribution in [1.82, 2.24) is 5.01 Å². The standard InChI is InChI=1S/C5H10ClN3O2/c1-9(8)2-4(7)3-11-5(6)10/h2H,3,7-8H2,1H3/b4-2-. The van der Waals surface area contributed by atoms with Gasteiger partial charge in [-0.3, -0.25) is 0 Å². The number of hydrogen-bond acceptors (Lipinski definition) is 5. The molecule has 4 N–H and O–H groups in total. The molecular weight excluding hydrogens is 170 g/mol. The van der Waals surface area contributed by atoms with Gasteiger partial charge in [-0.2, -0.15) is 0 Å². The molecule has 0 atom stereocenters. The maximum Gasteiger partial charge on any atom is 0.404 e. The fourth-order valence-electron chi connectivity index (χ4n) is 0.439. The van der Waals surface area contributed by atoms with E-state index in [1.165, 1.54) is 11.2 Å². The number of halogens is 1. The lowest BCUT2D eigenvalue weighted by Crippen LogP contribution is -2.22. The zero-order valence-corrected chi connectivity index (χ0v) is 6.84. The van der Waals surface area contributed by atoms with Crippen molar-refractivity contribution in [1.29, 1.82) is 0 Å². The van der Waals surface area contributed by atoms with E-state index in [-0.39, 0.29) is 6.61 Å². The molecule has 5 nitrogen and oxygen atoms in total. The summed E-state index contributed by atoms with van der Waals surface area (Å²) < 4.78 is 4.36. The Balaban J connectivity index is 3.68. The summed E-state index contributed by atoms with van der Waals surface area (Å²) in [5.74, 6) is 5.20. The fraction of sp³-hybridized carbons (Fsp3) is 0.400. The van der Waals surface area contributed by atoms with E-state index >= 15 is 0 Å². The Kier molecular flexibility index (Phi) is 4.40. The van der Waals surface area contributed by atoms with Crippen LogP contribution in [-0.4, -0.2) is 24.1 Å². The third kappa shape index (κ3) is 6.95. The molecule has 0 aliphatic heterocycles. The number of carbonyl (C=O) groups is 1. The van der Waals surface area contributed by atoms with Crippen LogP contribution in [0.2, 0.25) is 0 Å². The largest absolute Gasteiger partial charge is 0.447 e. The molecule has 0 rings (SSSR count). The lowest BCUT2D eigenvalue weighted by molar-refractivity contribution is 0.182. The number of ether oxygens (including phenoxy) is 1. The Morgan fingerprint density at radius 1 is 1.82 bits per heavy atom. The lowest BCUT2D eigenvalue weighted by atomic mass is 10.5. The Morgan fingerprint density at radius 2 is 2.36 bits per heavy atom. The van der Waals surface area contributed by atoms with Gasteiger partial charge in [-0.1, -0.05) is 0 Å². The number of hydrazine groups is 1. The van der Waals surface area contributed by atoms with Crippen LogP contribution in [0.1, 0.15) is 0 Å². The minimum atomic E-state index is -0.888. The van der Waals surface area contributed by atoms with Gasteiger partial charge in [0.25, 0.3) is 0 Å². The summed E-state index contributed by atoms with van der Waals surface area (Å²) in [7, 11) is 1.59. The SMILES string of the molecule is CN(N)/C=C(\N)COC(=O)Cl. The summed E-state index contributed by atoms with van der Waals surface area (Å²) in [4.78, 5) is 10.0. The van der Waals surface area contributed by atoms with Gasteiger partial charge in [0.05, 0.1) is 5.70 Å². The van der Waals surface area contributed by atoms with Crippen molar-refractivity contribution >= 4 is 17.0 Å². The minimum absolute atomic E-state index is 0.0517. The first-order valence-electron chi connectivity index (χ1n) is 2.78. The van der Waals surface area contributed by atoms with Crippen molar-refractivity contribution in [3.05, 3.63) is 11.9 Å². The van der Waals surface area contributed by atoms with Gasteiger partial charge in [-0.15, -0.1) is 0 Å². The first-order valence-corrected chi connectivity index (χ1v) is 3.16. The summed E-state index contributed by atoms with van der Waals surface area (Å²) in [5, 5.41) is 1.25. The molecule has 0 spiro atoms. The van der Waals surface area contributed by atoms with Crippen molar-refractivity contribution in [2.24, 2.45) is 11.6 Å². The second kappa shape index (κ2) is 4.81. The number of hydrogen-bond donors (Lipinski definition) is 2. The second-order valence-electron chi connectivity index (χ2n) is 1.90. The molecule has 0 unspecified atom stereocenters. The van der Waals surface area contributed by atoms with Crippen molar-refractivity contribution in [3.8, 4) is 0 Å². The van der Waals surface area contributed by atoms with Crippen molar-refractivity contribution in [3.63, 3.8) is 0 Å². The maximum absolute atomic E-state index is 10.0. The number of rotatable bonds is 3. The summed E-state index contributed by atoms with van der Waals surface area (Å²) in [6.45, 7) is -0.0517. The predicted octanol–water partition coefficient (Wildman–Crippen LogP) is -0.0326. The van der Waals surface area contributed by atoms with Gasteiger partial charge >= 0.3 is 5.43 Å². The van der Waals surface area contributed by atoms with Crippen LogP contribution in [0.25, 0.3) is 0 Å². The first-order chi connectivity index (χ1) is 5.02. The Morgan fingerprint density at radius 3 is 2.73 bits per heavy atom. The van der Waals surface area contributed by atoms with Crippen LogP contribution < -0.4 is 11.6 Å². The Bertz CT molecular complexity index is 169. The second-order valence-corrected chi connectivity index (χ2v) is 2.20. The molecule has 0 aromatic heterocycles. The molecule has 64 valence electrons. The number of carbonyl (C=O) groups excluding carboxylic acids is 1. The van der Waals surface area contributed by atoms with E-state index in [2.05, 4.69) is 4.74 Å². The summed E-state index contributed by atoms with van der Waals surface area (Å²) in [5.41, 5.74) is 4.76. The highest BCUT2D eigenvalue weighted by Crippen LogP contribution is 1.91. The summed E-state index contributed by atoms with van der Waals surface area (Å²) in [6, 6.07) is 0. The molecule has 0 amide bonds. The molecule has 0 heterocycles. The van der Waals surface area contributed by atoms with E-state index in [0.29, 0.717) is 5.70 Å². The lowest BCUT2D eigenvalue weighted by Gasteiger charge is -2.06. The Hall–Kier alpha value is -0.940. The molecule has 0 radical (unpaired) electrons. The highest BCUT2D eigenvalue weighted by atomic mass is 35.5. The first kappa shape index (κ1) is 10.1. The smallest absolute Gasteiger partial charge is 0.404 e. The normalized spacial score (nSPS) is 11.0. The van der Waals surface area contributed by atoms with Crippen LogP contribution >= 0.6 is 11.6 Å². The molecule has 0 saturated heterocycles. The van der Waals surface area contributed by atoms with Crippen LogP contribution in [0.4, 0.5) is 4.79 Å². The minimum Gasteiger partial charge on any atom is -0.447 e. The van der Waals surface area contributed by atoms with Gasteiger partial charge in [0.1, 0.15) is 6.61 Å². The van der Waals surface area contributed by atoms with E-state index < -0.39 is 5.43 Å². The van der Waals surface area contributed by atoms with Gasteiger partial charge < -0.3 is 15.5 Å². The van der Waals surface area contributed by atoms with E-state index in [1.54, 1.807) is 7.05 Å². The monoisotopic (exact) mass is 179 g/mol. The van der Waals surface area contributed by atoms with E-state index in [0.717, 1.165) is 0 Å². The van der Waals surface area contributed by atoms with Crippen molar-refractivity contribution in [2.45, 2.75) is 0 Å². The molecular formula is C5H10ClN3O2. The van der Waals surface area contributed by atoms with Gasteiger partial charge in [0.15, 0.2) is 0 Å². The van der Waals surface area contributed by atoms with Crippen LogP contribution in [0.15, 0.2) is 11.9 Å². The summed E-state index contributed by atoms with van der Waals surface area (Å²) in [6.07, 6.45) is 1.42. The molecule has 0 aromatic rings. The van der Waals surface area contributed by atoms with Gasteiger partial charge in [0, 0.05) is 24.8 Å². The van der Waals surface area contributed by atoms with Crippen LogP contribution in [0, 0.1) is 0 Å². The Labute approximate surface area is 69.5 Å². The molecule has 0 aliphatic rings. The van der Waals surface area contributed by atoms with Gasteiger partial charge in [0.2, 0.25) is 0 Å². The third-order valence-electron chi connectivity index (χ3n) is 0.722. The molecule has 0 aliphatic carbocycles. The predicted molar refractivity (Wildman–Crippen MR) is 41.4 cm³/mol. The van der Waals surface area contributed by atoms with Crippen LogP contribution in [-0.2, 0) is 4.74 Å². The molecule has 6 heteroatoms. The van der Waals surface area contributed by atoms with Crippen molar-refractivity contribution < 1.29 is 9.53 Å². The van der Waals surface area contributed by atoms with Crippen molar-refractivity contribution in [2.75, 3.05) is 13.7 Å². The molecule has 0 aromatic carbocycles. The maximum atomic E-state index is 10.0. The number of nitrogens with zero attached hydrogens (tertiary/aromatic N) is 1. The molecule has 11 heavy (non-hydrogen) atoms. The molecule has 0 saturated carbocycles. The highest BCUT2D eigenvalue weighted by molar-refractivity contribution is 6.61. The average molecular weight is 180 g/mol. The highest BCUT2D eigenvalue weighted by Gasteiger charge is 1.96. The van der Waals surface area contributed by atoms with Gasteiger partial charge in [-0.05, 0) is 0 Å². The topological polar surface area (TPSA) is 81.6 Å². The van der Waals surface area contributed by atoms with E-state index in [9.17, 15) is 4.79 Å². The summed E-state index contributed by atoms with van der Waals surface area (Å²) >= 11 is 4.87. The van der Waals surface area contributed by atoms with E-state index in [4.69, 9.17) is 23.2 Å². The fourth-order valence-corrected chi connectivity index (χ4v) is 0.493.